The molecular formula is C21H19N3O5S. The lowest BCUT2D eigenvalue weighted by molar-refractivity contribution is -0.153. The van der Waals surface area contributed by atoms with Crippen LogP contribution in [0.15, 0.2) is 72.1 Å². The Labute approximate surface area is 176 Å². The Balaban J connectivity index is 1.70. The third-order valence-electron chi connectivity index (χ3n) is 4.82. The molecule has 0 spiro atoms. The van der Waals surface area contributed by atoms with Crippen molar-refractivity contribution in [1.29, 1.82) is 0 Å². The number of benzene rings is 2. The van der Waals surface area contributed by atoms with E-state index in [1.54, 1.807) is 0 Å². The molecule has 4 N–H and O–H groups in total. The number of primary amides is 1. The van der Waals surface area contributed by atoms with Crippen LogP contribution in [0.4, 0.5) is 4.79 Å². The van der Waals surface area contributed by atoms with E-state index in [-0.39, 0.29) is 17.2 Å². The van der Waals surface area contributed by atoms with Crippen molar-refractivity contribution in [3.05, 3.63) is 83.2 Å². The maximum Gasteiger partial charge on any atom is 0.409 e. The van der Waals surface area contributed by atoms with Crippen molar-refractivity contribution in [3.8, 4) is 0 Å². The second kappa shape index (κ2) is 8.21. The van der Waals surface area contributed by atoms with Crippen LogP contribution in [0.2, 0.25) is 0 Å². The van der Waals surface area contributed by atoms with Crippen LogP contribution in [0.25, 0.3) is 0 Å². The van der Waals surface area contributed by atoms with Crippen molar-refractivity contribution in [3.63, 3.8) is 0 Å². The van der Waals surface area contributed by atoms with Gasteiger partial charge >= 0.3 is 12.1 Å². The molecule has 0 aromatic heterocycles. The van der Waals surface area contributed by atoms with Gasteiger partial charge in [0, 0.05) is 0 Å². The Kier molecular flexibility index (Phi) is 5.47. The number of carbonyl (C=O) groups excluding carboxylic acids is 3. The first-order chi connectivity index (χ1) is 14.5. The van der Waals surface area contributed by atoms with Crippen molar-refractivity contribution < 1.29 is 23.9 Å². The summed E-state index contributed by atoms with van der Waals surface area (Å²) < 4.78 is 10.9. The molecule has 0 unspecified atom stereocenters. The molecule has 0 bridgehead atoms. The highest BCUT2D eigenvalue weighted by molar-refractivity contribution is 8.00. The first-order valence-electron chi connectivity index (χ1n) is 9.19. The van der Waals surface area contributed by atoms with Crippen LogP contribution in [0.3, 0.4) is 0 Å². The van der Waals surface area contributed by atoms with Gasteiger partial charge in [0.1, 0.15) is 11.4 Å². The summed E-state index contributed by atoms with van der Waals surface area (Å²) in [4.78, 5) is 38.1. The molecule has 8 nitrogen and oxygen atoms in total. The summed E-state index contributed by atoms with van der Waals surface area (Å²) in [5.74, 6) is -1.10. The minimum absolute atomic E-state index is 0.0196. The average molecular weight is 425 g/mol. The van der Waals surface area contributed by atoms with Gasteiger partial charge in [-0.1, -0.05) is 60.7 Å². The molecule has 1 saturated heterocycles. The molecule has 1 fully saturated rings. The van der Waals surface area contributed by atoms with Gasteiger partial charge in [-0.25, -0.2) is 9.59 Å². The maximum absolute atomic E-state index is 13.2. The third kappa shape index (κ3) is 3.64. The van der Waals surface area contributed by atoms with Gasteiger partial charge < -0.3 is 20.9 Å². The molecule has 0 aliphatic carbocycles. The number of hydrogen-bond acceptors (Lipinski definition) is 7. The highest BCUT2D eigenvalue weighted by atomic mass is 32.2. The van der Waals surface area contributed by atoms with Gasteiger partial charge in [-0.3, -0.25) is 9.69 Å². The van der Waals surface area contributed by atoms with E-state index in [0.717, 1.165) is 11.1 Å². The summed E-state index contributed by atoms with van der Waals surface area (Å²) in [6.45, 7) is 0. The van der Waals surface area contributed by atoms with E-state index in [1.807, 2.05) is 60.7 Å². The minimum atomic E-state index is -1.07. The van der Waals surface area contributed by atoms with E-state index in [9.17, 15) is 14.4 Å². The Bertz CT molecular complexity index is 972. The Morgan fingerprint density at radius 3 is 2.13 bits per heavy atom. The summed E-state index contributed by atoms with van der Waals surface area (Å²) in [6, 6.07) is 17.7. The van der Waals surface area contributed by atoms with Gasteiger partial charge in [-0.15, -0.1) is 11.8 Å². The van der Waals surface area contributed by atoms with Crippen LogP contribution < -0.4 is 11.5 Å². The predicted octanol–water partition coefficient (Wildman–Crippen LogP) is 1.87. The van der Waals surface area contributed by atoms with Gasteiger partial charge in [0.05, 0.1) is 5.75 Å². The van der Waals surface area contributed by atoms with Gasteiger partial charge in [0.2, 0.25) is 5.91 Å². The van der Waals surface area contributed by atoms with Gasteiger partial charge in [0.15, 0.2) is 17.6 Å². The molecular weight excluding hydrogens is 406 g/mol. The van der Waals surface area contributed by atoms with E-state index in [2.05, 4.69) is 0 Å². The van der Waals surface area contributed by atoms with Gasteiger partial charge in [-0.2, -0.15) is 0 Å². The quantitative estimate of drug-likeness (QED) is 0.553. The Hall–Kier alpha value is -3.30. The van der Waals surface area contributed by atoms with Crippen molar-refractivity contribution in [2.24, 2.45) is 11.5 Å². The lowest BCUT2D eigenvalue weighted by Gasteiger charge is -2.47. The number of carbonyl (C=O) groups is 3. The molecule has 9 heteroatoms. The molecule has 2 aliphatic rings. The molecule has 2 atom stereocenters. The zero-order chi connectivity index (χ0) is 21.3. The first-order valence-corrected chi connectivity index (χ1v) is 10.2. The number of fused-ring (bicyclic) bond motifs is 1. The molecule has 2 heterocycles. The topological polar surface area (TPSA) is 125 Å². The lowest BCUT2D eigenvalue weighted by Crippen LogP contribution is -2.68. The monoisotopic (exact) mass is 425 g/mol. The number of ether oxygens (including phenoxy) is 2. The molecule has 30 heavy (non-hydrogen) atoms. The van der Waals surface area contributed by atoms with E-state index >= 15 is 0 Å². The first kappa shape index (κ1) is 20.0. The number of thioether (sulfide) groups is 1. The van der Waals surface area contributed by atoms with Crippen molar-refractivity contribution in [2.75, 3.05) is 5.75 Å². The van der Waals surface area contributed by atoms with Gasteiger partial charge in [0.25, 0.3) is 0 Å². The molecule has 2 aromatic rings. The fraction of sp³-hybridized carbons (Fsp3) is 0.190. The molecule has 4 rings (SSSR count). The number of esters is 1. The number of β-lactam (4-membered cyclic amide) rings is 1. The van der Waals surface area contributed by atoms with E-state index < -0.39 is 35.5 Å². The van der Waals surface area contributed by atoms with Gasteiger partial charge in [-0.05, 0) is 11.1 Å². The lowest BCUT2D eigenvalue weighted by atomic mass is 10.0. The molecule has 2 amide bonds. The van der Waals surface area contributed by atoms with Crippen LogP contribution in [0.5, 0.6) is 0 Å². The summed E-state index contributed by atoms with van der Waals surface area (Å²) in [6.07, 6.45) is -1.80. The second-order valence-electron chi connectivity index (χ2n) is 6.74. The molecule has 0 radical (unpaired) electrons. The number of nitrogens with two attached hydrogens (primary N) is 2. The number of hydrogen-bond donors (Lipinski definition) is 2. The van der Waals surface area contributed by atoms with Crippen molar-refractivity contribution in [1.82, 2.24) is 4.90 Å². The van der Waals surface area contributed by atoms with Crippen molar-refractivity contribution in [2.45, 2.75) is 17.5 Å². The highest BCUT2D eigenvalue weighted by Crippen LogP contribution is 2.41. The summed E-state index contributed by atoms with van der Waals surface area (Å²) in [7, 11) is 0. The summed E-state index contributed by atoms with van der Waals surface area (Å²) >= 11 is 1.29. The highest BCUT2D eigenvalue weighted by Gasteiger charge is 2.53. The average Bonchev–Trinajstić information content (AvgIpc) is 2.77. The van der Waals surface area contributed by atoms with Crippen LogP contribution in [-0.4, -0.2) is 40.0 Å². The zero-order valence-electron chi connectivity index (χ0n) is 15.8. The number of rotatable bonds is 5. The fourth-order valence-electron chi connectivity index (χ4n) is 3.42. The summed E-state index contributed by atoms with van der Waals surface area (Å²) in [5.41, 5.74) is 12.4. The van der Waals surface area contributed by atoms with E-state index in [1.165, 1.54) is 16.7 Å². The number of nitrogens with zero attached hydrogens (tertiary/aromatic N) is 1. The molecule has 2 aliphatic heterocycles. The number of amides is 2. The van der Waals surface area contributed by atoms with Crippen LogP contribution in [0.1, 0.15) is 17.2 Å². The third-order valence-corrected chi connectivity index (χ3v) is 6.10. The molecule has 154 valence electrons. The minimum Gasteiger partial charge on any atom is -0.448 e. The van der Waals surface area contributed by atoms with Crippen LogP contribution in [-0.2, 0) is 19.1 Å². The molecule has 0 saturated carbocycles. The fourth-order valence-corrected chi connectivity index (χ4v) is 4.62. The van der Waals surface area contributed by atoms with E-state index in [0.29, 0.717) is 0 Å². The van der Waals surface area contributed by atoms with Crippen LogP contribution in [0, 0.1) is 0 Å². The van der Waals surface area contributed by atoms with E-state index in [4.69, 9.17) is 20.9 Å². The Morgan fingerprint density at radius 2 is 1.60 bits per heavy atom. The smallest absolute Gasteiger partial charge is 0.409 e. The van der Waals surface area contributed by atoms with Crippen LogP contribution >= 0.6 is 11.8 Å². The SMILES string of the molecule is NC(=O)OC1=C(C(=O)OC(c2ccccc2)c2ccccc2)N2C(=O)[C@@H](N)[C@H]2SC1. The zero-order valence-corrected chi connectivity index (χ0v) is 16.6. The van der Waals surface area contributed by atoms with Crippen molar-refractivity contribution >= 4 is 29.7 Å². The standard InChI is InChI=1S/C21H19N3O5S/c22-15-18(25)24-16(14(28-21(23)27)11-30-19(15)24)20(26)29-17(12-7-3-1-4-8-12)13-9-5-2-6-10-13/h1-10,15,17,19H,11,22H2,(H2,23,27)/t15-,19-/m1/s1. The summed E-state index contributed by atoms with van der Waals surface area (Å²) in [5, 5.41) is -0.424. The second-order valence-corrected chi connectivity index (χ2v) is 7.84. The Morgan fingerprint density at radius 1 is 1.03 bits per heavy atom. The normalized spacial score (nSPS) is 20.5. The largest absolute Gasteiger partial charge is 0.448 e. The maximum atomic E-state index is 13.2. The predicted molar refractivity (Wildman–Crippen MR) is 110 cm³/mol. The molecule has 2 aromatic carbocycles.